The van der Waals surface area contributed by atoms with Crippen LogP contribution in [0.15, 0.2) is 10.7 Å². The maximum absolute atomic E-state index is 9.37. The van der Waals surface area contributed by atoms with Crippen molar-refractivity contribution in [2.75, 3.05) is 6.61 Å². The fourth-order valence-electron chi connectivity index (χ4n) is 1.46. The second-order valence-corrected chi connectivity index (χ2v) is 4.27. The molecule has 0 amide bonds. The molecule has 0 aromatic carbocycles. The molecule has 5 nitrogen and oxygen atoms in total. The van der Waals surface area contributed by atoms with E-state index in [2.05, 4.69) is 10.1 Å². The van der Waals surface area contributed by atoms with E-state index in [4.69, 9.17) is 9.94 Å². The average molecular weight is 228 g/mol. The minimum Gasteiger partial charge on any atom is -0.393 e. The first-order chi connectivity index (χ1) is 7.22. The highest BCUT2D eigenvalue weighted by Gasteiger charge is 2.29. The second-order valence-electron chi connectivity index (χ2n) is 3.38. The zero-order valence-corrected chi connectivity index (χ0v) is 9.07. The lowest BCUT2D eigenvalue weighted by Crippen LogP contribution is -2.23. The van der Waals surface area contributed by atoms with Crippen LogP contribution >= 0.6 is 11.3 Å². The van der Waals surface area contributed by atoms with Gasteiger partial charge in [0.05, 0.1) is 28.4 Å². The highest BCUT2D eigenvalue weighted by atomic mass is 32.1. The zero-order chi connectivity index (χ0) is 10.8. The van der Waals surface area contributed by atoms with Gasteiger partial charge < -0.3 is 15.1 Å². The van der Waals surface area contributed by atoms with Crippen molar-refractivity contribution in [2.24, 2.45) is 5.16 Å². The molecule has 0 aliphatic carbocycles. The lowest BCUT2D eigenvalue weighted by molar-refractivity contribution is 0.0872. The average Bonchev–Trinajstić information content (AvgIpc) is 2.84. The predicted molar refractivity (Wildman–Crippen MR) is 55.8 cm³/mol. The van der Waals surface area contributed by atoms with Crippen LogP contribution in [0.2, 0.25) is 0 Å². The Morgan fingerprint density at radius 3 is 3.13 bits per heavy atom. The van der Waals surface area contributed by atoms with E-state index in [1.807, 2.05) is 6.92 Å². The summed E-state index contributed by atoms with van der Waals surface area (Å²) in [5.74, 6) is 0. The first-order valence-corrected chi connectivity index (χ1v) is 5.51. The van der Waals surface area contributed by atoms with Crippen molar-refractivity contribution in [3.63, 3.8) is 0 Å². The molecule has 0 radical (unpaired) electrons. The molecule has 0 bridgehead atoms. The first kappa shape index (κ1) is 10.5. The largest absolute Gasteiger partial charge is 0.393 e. The number of hydrogen-bond acceptors (Lipinski definition) is 6. The van der Waals surface area contributed by atoms with Gasteiger partial charge in [0.25, 0.3) is 0 Å². The molecule has 0 spiro atoms. The summed E-state index contributed by atoms with van der Waals surface area (Å²) in [6.45, 7) is 1.59. The number of aliphatic hydroxyl groups is 2. The molecular formula is C9H12N2O3S. The summed E-state index contributed by atoms with van der Waals surface area (Å²) < 4.78 is 0. The van der Waals surface area contributed by atoms with Crippen LogP contribution in [-0.4, -0.2) is 33.6 Å². The highest BCUT2D eigenvalue weighted by molar-refractivity contribution is 7.09. The Kier molecular flexibility index (Phi) is 2.99. The third kappa shape index (κ3) is 2.01. The molecule has 1 aromatic rings. The Labute approximate surface area is 91.0 Å². The van der Waals surface area contributed by atoms with Gasteiger partial charge in [-0.1, -0.05) is 5.16 Å². The quantitative estimate of drug-likeness (QED) is 0.795. The minimum atomic E-state index is -0.914. The van der Waals surface area contributed by atoms with E-state index in [0.29, 0.717) is 12.1 Å². The number of thiazole rings is 1. The topological polar surface area (TPSA) is 74.9 Å². The summed E-state index contributed by atoms with van der Waals surface area (Å²) in [5, 5.41) is 21.9. The Bertz CT molecular complexity index is 377. The van der Waals surface area contributed by atoms with E-state index in [-0.39, 0.29) is 12.7 Å². The molecule has 1 aliphatic heterocycles. The number of nitrogens with zero attached hydrogens (tertiary/aromatic N) is 2. The summed E-state index contributed by atoms with van der Waals surface area (Å²) in [5.41, 5.74) is 3.18. The van der Waals surface area contributed by atoms with Crippen LogP contribution < -0.4 is 0 Å². The molecule has 2 rings (SSSR count). The van der Waals surface area contributed by atoms with E-state index in [1.54, 1.807) is 5.51 Å². The van der Waals surface area contributed by atoms with Gasteiger partial charge in [0.1, 0.15) is 6.10 Å². The molecule has 82 valence electrons. The van der Waals surface area contributed by atoms with Gasteiger partial charge >= 0.3 is 0 Å². The number of aliphatic hydroxyl groups excluding tert-OH is 2. The van der Waals surface area contributed by atoms with Crippen molar-refractivity contribution in [3.8, 4) is 0 Å². The molecule has 2 atom stereocenters. The van der Waals surface area contributed by atoms with Gasteiger partial charge in [-0.25, -0.2) is 4.98 Å². The Hall–Kier alpha value is -0.980. The molecule has 6 heteroatoms. The van der Waals surface area contributed by atoms with Crippen molar-refractivity contribution in [1.82, 2.24) is 4.98 Å². The summed E-state index contributed by atoms with van der Waals surface area (Å²) in [6.07, 6.45) is -0.554. The fourth-order valence-corrected chi connectivity index (χ4v) is 2.28. The van der Waals surface area contributed by atoms with Gasteiger partial charge in [0.2, 0.25) is 0 Å². The van der Waals surface area contributed by atoms with Crippen molar-refractivity contribution in [2.45, 2.75) is 25.6 Å². The number of hydrogen-bond donors (Lipinski definition) is 2. The zero-order valence-electron chi connectivity index (χ0n) is 8.25. The first-order valence-electron chi connectivity index (χ1n) is 4.64. The van der Waals surface area contributed by atoms with Crippen LogP contribution in [0.4, 0.5) is 0 Å². The van der Waals surface area contributed by atoms with Crippen molar-refractivity contribution in [1.29, 1.82) is 0 Å². The van der Waals surface area contributed by atoms with E-state index in [1.165, 1.54) is 11.3 Å². The van der Waals surface area contributed by atoms with Gasteiger partial charge in [0, 0.05) is 6.42 Å². The molecular weight excluding hydrogens is 216 g/mol. The Morgan fingerprint density at radius 1 is 1.73 bits per heavy atom. The molecule has 15 heavy (non-hydrogen) atoms. The molecule has 1 unspecified atom stereocenters. The van der Waals surface area contributed by atoms with Crippen molar-refractivity contribution in [3.05, 3.63) is 16.1 Å². The number of aryl methyl sites for hydroxylation is 1. The summed E-state index contributed by atoms with van der Waals surface area (Å²) in [6, 6.07) is 0. The van der Waals surface area contributed by atoms with E-state index >= 15 is 0 Å². The lowest BCUT2D eigenvalue weighted by atomic mass is 10.1. The van der Waals surface area contributed by atoms with Crippen LogP contribution in [-0.2, 0) is 4.84 Å². The summed E-state index contributed by atoms with van der Waals surface area (Å²) >= 11 is 1.51. The molecule has 2 heterocycles. The smallest absolute Gasteiger partial charge is 0.168 e. The van der Waals surface area contributed by atoms with E-state index in [0.717, 1.165) is 10.6 Å². The third-order valence-electron chi connectivity index (χ3n) is 2.32. The van der Waals surface area contributed by atoms with Gasteiger partial charge in [-0.15, -0.1) is 11.3 Å². The van der Waals surface area contributed by atoms with Crippen molar-refractivity contribution >= 4 is 17.0 Å². The molecule has 0 fully saturated rings. The molecule has 1 aromatic heterocycles. The Balaban J connectivity index is 2.05. The van der Waals surface area contributed by atoms with Crippen LogP contribution in [0.3, 0.4) is 0 Å². The molecule has 2 N–H and O–H groups in total. The Morgan fingerprint density at radius 2 is 2.53 bits per heavy atom. The molecule has 1 aliphatic rings. The number of rotatable bonds is 3. The minimum absolute atomic E-state index is 0.159. The standard InChI is InChI=1S/C9H12N2O3S/c1-5-9(15-4-10-5)8-2-6(11-14-8)7(13)3-12/h4,7-8,12-13H,2-3H2,1H3/t7-,8?/m1/s1. The van der Waals surface area contributed by atoms with Crippen molar-refractivity contribution < 1.29 is 15.1 Å². The molecule has 0 saturated carbocycles. The molecule has 0 saturated heterocycles. The third-order valence-corrected chi connectivity index (χ3v) is 3.35. The van der Waals surface area contributed by atoms with E-state index < -0.39 is 6.10 Å². The normalized spacial score (nSPS) is 22.3. The fraction of sp³-hybridized carbons (Fsp3) is 0.556. The maximum Gasteiger partial charge on any atom is 0.168 e. The lowest BCUT2D eigenvalue weighted by Gasteiger charge is -2.06. The van der Waals surface area contributed by atoms with Gasteiger partial charge in [-0.3, -0.25) is 0 Å². The highest BCUT2D eigenvalue weighted by Crippen LogP contribution is 2.32. The number of oxime groups is 1. The SMILES string of the molecule is Cc1ncsc1C1CC([C@H](O)CO)=NO1. The number of aromatic nitrogens is 1. The summed E-state index contributed by atoms with van der Waals surface area (Å²) in [4.78, 5) is 10.4. The van der Waals surface area contributed by atoms with Gasteiger partial charge in [-0.05, 0) is 6.92 Å². The maximum atomic E-state index is 9.37. The van der Waals surface area contributed by atoms with Gasteiger partial charge in [-0.2, -0.15) is 0 Å². The predicted octanol–water partition coefficient (Wildman–Crippen LogP) is 0.622. The summed E-state index contributed by atoms with van der Waals surface area (Å²) in [7, 11) is 0. The monoisotopic (exact) mass is 228 g/mol. The van der Waals surface area contributed by atoms with Gasteiger partial charge in [0.15, 0.2) is 6.10 Å². The van der Waals surface area contributed by atoms with Crippen LogP contribution in [0, 0.1) is 6.92 Å². The van der Waals surface area contributed by atoms with Crippen LogP contribution in [0.5, 0.6) is 0 Å². The second kappa shape index (κ2) is 4.26. The van der Waals surface area contributed by atoms with Crippen LogP contribution in [0.25, 0.3) is 0 Å². The van der Waals surface area contributed by atoms with Crippen LogP contribution in [0.1, 0.15) is 23.1 Å². The van der Waals surface area contributed by atoms with E-state index in [9.17, 15) is 5.11 Å².